The topological polar surface area (TPSA) is 25.8 Å². The summed E-state index contributed by atoms with van der Waals surface area (Å²) in [7, 11) is 0. The van der Waals surface area contributed by atoms with Crippen LogP contribution >= 0.6 is 11.3 Å². The Morgan fingerprint density at radius 3 is 2.68 bits per heavy atom. The molecule has 2 nitrogen and oxygen atoms in total. The lowest BCUT2D eigenvalue weighted by molar-refractivity contribution is 1.34. The van der Waals surface area contributed by atoms with E-state index in [0.29, 0.717) is 0 Å². The Hall–Kier alpha value is -2.26. The molecule has 0 saturated carbocycles. The van der Waals surface area contributed by atoms with Crippen LogP contribution < -0.4 is 0 Å². The van der Waals surface area contributed by atoms with Crippen molar-refractivity contribution in [3.05, 3.63) is 60.9 Å². The monoisotopic (exact) mass is 262 g/mol. The van der Waals surface area contributed by atoms with Crippen LogP contribution in [0.4, 0.5) is 0 Å². The quantitative estimate of drug-likeness (QED) is 0.504. The van der Waals surface area contributed by atoms with Crippen molar-refractivity contribution in [3.8, 4) is 10.6 Å². The van der Waals surface area contributed by atoms with Crippen LogP contribution in [-0.2, 0) is 0 Å². The predicted octanol–water partition coefficient (Wildman–Crippen LogP) is 4.51. The van der Waals surface area contributed by atoms with E-state index in [4.69, 9.17) is 0 Å². The Kier molecular flexibility index (Phi) is 2.32. The first kappa shape index (κ1) is 10.6. The summed E-state index contributed by atoms with van der Waals surface area (Å²) in [5, 5.41) is 3.56. The van der Waals surface area contributed by atoms with Crippen molar-refractivity contribution in [1.29, 1.82) is 0 Å². The Morgan fingerprint density at radius 1 is 0.895 bits per heavy atom. The molecule has 2 aromatic carbocycles. The van der Waals surface area contributed by atoms with E-state index in [2.05, 4.69) is 52.4 Å². The van der Waals surface area contributed by atoms with Crippen molar-refractivity contribution < 1.29 is 0 Å². The molecule has 0 radical (unpaired) electrons. The fraction of sp³-hybridized carbons (Fsp3) is 0. The highest BCUT2D eigenvalue weighted by atomic mass is 32.1. The minimum Gasteiger partial charge on any atom is -0.262 e. The van der Waals surface area contributed by atoms with Crippen LogP contribution in [0.1, 0.15) is 0 Å². The highest BCUT2D eigenvalue weighted by Crippen LogP contribution is 2.31. The zero-order valence-electron chi connectivity index (χ0n) is 10.1. The maximum absolute atomic E-state index is 4.65. The first-order valence-corrected chi connectivity index (χ1v) is 6.91. The predicted molar refractivity (Wildman–Crippen MR) is 80.4 cm³/mol. The van der Waals surface area contributed by atoms with Gasteiger partial charge in [0.15, 0.2) is 0 Å². The van der Waals surface area contributed by atoms with E-state index in [1.807, 2.05) is 18.5 Å². The number of thiazole rings is 1. The molecule has 4 aromatic rings. The second-order valence-electron chi connectivity index (χ2n) is 4.42. The molecule has 0 N–H and O–H groups in total. The molecule has 90 valence electrons. The third-order valence-electron chi connectivity index (χ3n) is 3.19. The fourth-order valence-electron chi connectivity index (χ4n) is 2.23. The Morgan fingerprint density at radius 2 is 1.79 bits per heavy atom. The van der Waals surface area contributed by atoms with Gasteiger partial charge in [0.1, 0.15) is 10.5 Å². The Balaban J connectivity index is 1.93. The smallest absolute Gasteiger partial charge is 0.124 e. The molecule has 4 rings (SSSR count). The van der Waals surface area contributed by atoms with Gasteiger partial charge in [-0.1, -0.05) is 36.4 Å². The van der Waals surface area contributed by atoms with E-state index in [9.17, 15) is 0 Å². The number of rotatable bonds is 1. The summed E-state index contributed by atoms with van der Waals surface area (Å²) < 4.78 is 1.18. The van der Waals surface area contributed by atoms with E-state index < -0.39 is 0 Å². The summed E-state index contributed by atoms with van der Waals surface area (Å²) in [5.41, 5.74) is 2.13. The molecule has 0 atom stereocenters. The van der Waals surface area contributed by atoms with Gasteiger partial charge in [0.25, 0.3) is 0 Å². The maximum Gasteiger partial charge on any atom is 0.124 e. The second-order valence-corrected chi connectivity index (χ2v) is 5.45. The molecule has 2 aromatic heterocycles. The molecule has 0 aliphatic heterocycles. The molecule has 19 heavy (non-hydrogen) atoms. The van der Waals surface area contributed by atoms with Gasteiger partial charge in [-0.15, -0.1) is 11.3 Å². The van der Waals surface area contributed by atoms with Crippen LogP contribution in [0.5, 0.6) is 0 Å². The largest absolute Gasteiger partial charge is 0.262 e. The third-order valence-corrected chi connectivity index (χ3v) is 4.27. The lowest BCUT2D eigenvalue weighted by atomic mass is 10.1. The number of pyridine rings is 1. The van der Waals surface area contributed by atoms with Crippen LogP contribution in [-0.4, -0.2) is 9.97 Å². The molecule has 0 amide bonds. The molecule has 0 saturated heterocycles. The van der Waals surface area contributed by atoms with Gasteiger partial charge < -0.3 is 0 Å². The zero-order chi connectivity index (χ0) is 12.7. The summed E-state index contributed by atoms with van der Waals surface area (Å²) >= 11 is 1.71. The molecule has 0 spiro atoms. The van der Waals surface area contributed by atoms with Crippen molar-refractivity contribution in [2.75, 3.05) is 0 Å². The normalized spacial score (nSPS) is 11.2. The summed E-state index contributed by atoms with van der Waals surface area (Å²) in [6.45, 7) is 0. The number of benzene rings is 2. The molecular weight excluding hydrogens is 252 g/mol. The first-order valence-electron chi connectivity index (χ1n) is 6.10. The lowest BCUT2D eigenvalue weighted by Gasteiger charge is -2.00. The van der Waals surface area contributed by atoms with Gasteiger partial charge in [0.05, 0.1) is 10.9 Å². The van der Waals surface area contributed by atoms with Crippen LogP contribution in [0.15, 0.2) is 60.9 Å². The minimum absolute atomic E-state index is 0.968. The molecule has 0 fully saturated rings. The number of aromatic nitrogens is 2. The first-order chi connectivity index (χ1) is 9.40. The maximum atomic E-state index is 4.65. The zero-order valence-corrected chi connectivity index (χ0v) is 10.9. The Bertz CT molecular complexity index is 847. The van der Waals surface area contributed by atoms with E-state index in [1.165, 1.54) is 21.0 Å². The number of hydrogen-bond acceptors (Lipinski definition) is 3. The van der Waals surface area contributed by atoms with Crippen molar-refractivity contribution >= 4 is 32.3 Å². The average molecular weight is 262 g/mol. The summed E-state index contributed by atoms with van der Waals surface area (Å²) in [6.07, 6.45) is 3.63. The fourth-order valence-corrected chi connectivity index (χ4v) is 3.15. The van der Waals surface area contributed by atoms with Crippen LogP contribution in [0.3, 0.4) is 0 Å². The van der Waals surface area contributed by atoms with Gasteiger partial charge in [-0.3, -0.25) is 4.98 Å². The molecule has 0 bridgehead atoms. The number of hydrogen-bond donors (Lipinski definition) is 0. The molecule has 0 aliphatic rings. The number of nitrogens with zero attached hydrogens (tertiary/aromatic N) is 2. The average Bonchev–Trinajstić information content (AvgIpc) is 2.90. The van der Waals surface area contributed by atoms with Crippen LogP contribution in [0, 0.1) is 0 Å². The van der Waals surface area contributed by atoms with Crippen molar-refractivity contribution in [1.82, 2.24) is 9.97 Å². The van der Waals surface area contributed by atoms with E-state index >= 15 is 0 Å². The van der Waals surface area contributed by atoms with Gasteiger partial charge in [0.2, 0.25) is 0 Å². The SMILES string of the molecule is c1ccc2cc(-c3nc4cnccc4s3)ccc2c1. The van der Waals surface area contributed by atoms with Crippen molar-refractivity contribution in [2.24, 2.45) is 0 Å². The van der Waals surface area contributed by atoms with Crippen molar-refractivity contribution in [3.63, 3.8) is 0 Å². The number of fused-ring (bicyclic) bond motifs is 2. The molecular formula is C16H10N2S. The van der Waals surface area contributed by atoms with Gasteiger partial charge in [0, 0.05) is 11.8 Å². The van der Waals surface area contributed by atoms with Crippen LogP contribution in [0.25, 0.3) is 31.6 Å². The van der Waals surface area contributed by atoms with Crippen LogP contribution in [0.2, 0.25) is 0 Å². The van der Waals surface area contributed by atoms with Crippen molar-refractivity contribution in [2.45, 2.75) is 0 Å². The van der Waals surface area contributed by atoms with Gasteiger partial charge >= 0.3 is 0 Å². The van der Waals surface area contributed by atoms with E-state index in [-0.39, 0.29) is 0 Å². The summed E-state index contributed by atoms with van der Waals surface area (Å²) in [5.74, 6) is 0. The third kappa shape index (κ3) is 1.79. The molecule has 2 heterocycles. The lowest BCUT2D eigenvalue weighted by Crippen LogP contribution is -1.77. The van der Waals surface area contributed by atoms with Gasteiger partial charge in [-0.25, -0.2) is 4.98 Å². The molecule has 0 unspecified atom stereocenters. The van der Waals surface area contributed by atoms with E-state index in [0.717, 1.165) is 10.5 Å². The van der Waals surface area contributed by atoms with Gasteiger partial charge in [-0.05, 0) is 22.9 Å². The molecule has 3 heteroatoms. The summed E-state index contributed by atoms with van der Waals surface area (Å²) in [6, 6.07) is 16.9. The minimum atomic E-state index is 0.968. The van der Waals surface area contributed by atoms with E-state index in [1.54, 1.807) is 11.3 Å². The summed E-state index contributed by atoms with van der Waals surface area (Å²) in [4.78, 5) is 8.76. The second kappa shape index (κ2) is 4.14. The Labute approximate surface area is 114 Å². The molecule has 0 aliphatic carbocycles. The highest BCUT2D eigenvalue weighted by molar-refractivity contribution is 7.21. The highest BCUT2D eigenvalue weighted by Gasteiger charge is 2.06. The standard InChI is InChI=1S/C16H10N2S/c1-2-4-12-9-13(6-5-11(12)3-1)16-18-14-10-17-8-7-15(14)19-16/h1-10H. The van der Waals surface area contributed by atoms with Gasteiger partial charge in [-0.2, -0.15) is 0 Å².